The van der Waals surface area contributed by atoms with Crippen LogP contribution in [0.3, 0.4) is 0 Å². The first kappa shape index (κ1) is 24.4. The number of benzene rings is 2. The SMILES string of the molecule is CCCN(CCC)C(=O)C1=Cc2ccc(C(=O)Nc3ccc4c(c3)CCCC4=O)cc2N=C(N)C1. The zero-order chi connectivity index (χ0) is 24.9. The van der Waals surface area contributed by atoms with Crippen molar-refractivity contribution in [2.45, 2.75) is 52.4 Å². The summed E-state index contributed by atoms with van der Waals surface area (Å²) in [6.07, 6.45) is 6.12. The molecule has 1 aliphatic carbocycles. The molecule has 0 unspecified atom stereocenters. The highest BCUT2D eigenvalue weighted by Gasteiger charge is 2.22. The average molecular weight is 473 g/mol. The van der Waals surface area contributed by atoms with Gasteiger partial charge in [0.2, 0.25) is 5.91 Å². The molecule has 4 rings (SSSR count). The van der Waals surface area contributed by atoms with Crippen molar-refractivity contribution in [2.75, 3.05) is 18.4 Å². The van der Waals surface area contributed by atoms with Crippen LogP contribution in [0.5, 0.6) is 0 Å². The smallest absolute Gasteiger partial charge is 0.255 e. The third-order valence-electron chi connectivity index (χ3n) is 6.32. The summed E-state index contributed by atoms with van der Waals surface area (Å²) in [4.78, 5) is 44.5. The Morgan fingerprint density at radius 3 is 2.57 bits per heavy atom. The zero-order valence-corrected chi connectivity index (χ0v) is 20.4. The number of carbonyl (C=O) groups is 3. The Morgan fingerprint density at radius 2 is 1.83 bits per heavy atom. The molecule has 7 nitrogen and oxygen atoms in total. The normalized spacial score (nSPS) is 14.7. The van der Waals surface area contributed by atoms with E-state index in [2.05, 4.69) is 24.2 Å². The Kier molecular flexibility index (Phi) is 7.44. The zero-order valence-electron chi connectivity index (χ0n) is 20.4. The molecule has 35 heavy (non-hydrogen) atoms. The quantitative estimate of drug-likeness (QED) is 0.599. The first-order valence-corrected chi connectivity index (χ1v) is 12.3. The molecule has 2 amide bonds. The lowest BCUT2D eigenvalue weighted by Crippen LogP contribution is -2.34. The number of amidine groups is 1. The summed E-state index contributed by atoms with van der Waals surface area (Å²) in [6, 6.07) is 10.6. The van der Waals surface area contributed by atoms with Crippen LogP contribution >= 0.6 is 0 Å². The minimum absolute atomic E-state index is 0.0209. The second kappa shape index (κ2) is 10.7. The van der Waals surface area contributed by atoms with Crippen molar-refractivity contribution in [3.05, 3.63) is 64.2 Å². The maximum absolute atomic E-state index is 13.1. The van der Waals surface area contributed by atoms with Gasteiger partial charge in [-0.1, -0.05) is 19.9 Å². The number of amides is 2. The molecule has 182 valence electrons. The lowest BCUT2D eigenvalue weighted by Gasteiger charge is -2.22. The van der Waals surface area contributed by atoms with Gasteiger partial charge in [0.15, 0.2) is 5.78 Å². The van der Waals surface area contributed by atoms with Crippen LogP contribution in [-0.2, 0) is 11.2 Å². The molecule has 7 heteroatoms. The van der Waals surface area contributed by atoms with E-state index < -0.39 is 0 Å². The van der Waals surface area contributed by atoms with Crippen LogP contribution in [0.2, 0.25) is 0 Å². The molecule has 3 N–H and O–H groups in total. The number of hydrogen-bond donors (Lipinski definition) is 2. The Morgan fingerprint density at radius 1 is 1.06 bits per heavy atom. The van der Waals surface area contributed by atoms with E-state index in [1.54, 1.807) is 30.3 Å². The fourth-order valence-corrected chi connectivity index (χ4v) is 4.65. The molecule has 2 aromatic carbocycles. The molecule has 0 radical (unpaired) electrons. The Hall–Kier alpha value is -3.74. The minimum atomic E-state index is -0.273. The summed E-state index contributed by atoms with van der Waals surface area (Å²) in [5.41, 5.74) is 10.9. The summed E-state index contributed by atoms with van der Waals surface area (Å²) in [6.45, 7) is 5.51. The van der Waals surface area contributed by atoms with Crippen LogP contribution in [0.4, 0.5) is 11.4 Å². The van der Waals surface area contributed by atoms with Crippen molar-refractivity contribution < 1.29 is 14.4 Å². The van der Waals surface area contributed by atoms with E-state index in [9.17, 15) is 14.4 Å². The Balaban J connectivity index is 1.56. The number of fused-ring (bicyclic) bond motifs is 2. The predicted octanol–water partition coefficient (Wildman–Crippen LogP) is 4.88. The first-order chi connectivity index (χ1) is 16.9. The van der Waals surface area contributed by atoms with Gasteiger partial charge in [0, 0.05) is 53.9 Å². The van der Waals surface area contributed by atoms with Gasteiger partial charge >= 0.3 is 0 Å². The highest BCUT2D eigenvalue weighted by Crippen LogP contribution is 2.29. The van der Waals surface area contributed by atoms with E-state index in [0.717, 1.165) is 42.4 Å². The second-order valence-corrected chi connectivity index (χ2v) is 9.12. The van der Waals surface area contributed by atoms with Gasteiger partial charge in [0.25, 0.3) is 5.91 Å². The number of Topliss-reactive ketones (excluding diaryl/α,β-unsaturated/α-hetero) is 1. The molecule has 1 heterocycles. The Bertz CT molecular complexity index is 1220. The number of aliphatic imine (C=N–C) groups is 1. The summed E-state index contributed by atoms with van der Waals surface area (Å²) in [7, 11) is 0. The number of hydrogen-bond acceptors (Lipinski definition) is 5. The molecule has 1 aliphatic heterocycles. The van der Waals surface area contributed by atoms with Crippen molar-refractivity contribution >= 4 is 40.9 Å². The van der Waals surface area contributed by atoms with Crippen molar-refractivity contribution in [3.8, 4) is 0 Å². The van der Waals surface area contributed by atoms with E-state index >= 15 is 0 Å². The molecule has 0 fully saturated rings. The number of aryl methyl sites for hydroxylation is 1. The number of nitrogens with zero attached hydrogens (tertiary/aromatic N) is 2. The van der Waals surface area contributed by atoms with Gasteiger partial charge in [-0.05, 0) is 67.7 Å². The van der Waals surface area contributed by atoms with E-state index in [0.29, 0.717) is 47.9 Å². The lowest BCUT2D eigenvalue weighted by atomic mass is 9.90. The largest absolute Gasteiger partial charge is 0.387 e. The second-order valence-electron chi connectivity index (χ2n) is 9.12. The van der Waals surface area contributed by atoms with Crippen LogP contribution in [0, 0.1) is 0 Å². The monoisotopic (exact) mass is 472 g/mol. The van der Waals surface area contributed by atoms with Gasteiger partial charge < -0.3 is 16.0 Å². The van der Waals surface area contributed by atoms with E-state index in [-0.39, 0.29) is 24.0 Å². The minimum Gasteiger partial charge on any atom is -0.387 e. The van der Waals surface area contributed by atoms with Gasteiger partial charge in [-0.25, -0.2) is 4.99 Å². The molecule has 2 aliphatic rings. The van der Waals surface area contributed by atoms with Crippen LogP contribution in [0.15, 0.2) is 47.0 Å². The summed E-state index contributed by atoms with van der Waals surface area (Å²) < 4.78 is 0. The van der Waals surface area contributed by atoms with Gasteiger partial charge in [-0.2, -0.15) is 0 Å². The standard InChI is InChI=1S/C28H32N4O3/c1-3-12-32(13-4-2)28(35)21-14-19-8-9-20(16-24(19)31-26(29)17-21)27(34)30-22-10-11-23-18(15-22)6-5-7-25(23)33/h8-11,14-16H,3-7,12-13,17H2,1-2H3,(H2,29,31)(H,30,34). The molecule has 0 bridgehead atoms. The number of nitrogens with two attached hydrogens (primary N) is 1. The van der Waals surface area contributed by atoms with E-state index in [1.807, 2.05) is 17.0 Å². The van der Waals surface area contributed by atoms with E-state index in [1.165, 1.54) is 0 Å². The molecule has 0 saturated heterocycles. The predicted molar refractivity (Wildman–Crippen MR) is 139 cm³/mol. The highest BCUT2D eigenvalue weighted by atomic mass is 16.2. The molecular weight excluding hydrogens is 440 g/mol. The molecule has 0 saturated carbocycles. The van der Waals surface area contributed by atoms with Crippen molar-refractivity contribution in [1.82, 2.24) is 4.90 Å². The van der Waals surface area contributed by atoms with Crippen molar-refractivity contribution in [1.29, 1.82) is 0 Å². The molecule has 0 spiro atoms. The maximum Gasteiger partial charge on any atom is 0.255 e. The average Bonchev–Trinajstić information content (AvgIpc) is 3.01. The number of carbonyl (C=O) groups excluding carboxylic acids is 3. The van der Waals surface area contributed by atoms with Crippen LogP contribution in [-0.4, -0.2) is 41.4 Å². The number of nitrogens with one attached hydrogen (secondary N) is 1. The Labute approximate surface area is 206 Å². The third-order valence-corrected chi connectivity index (χ3v) is 6.32. The van der Waals surface area contributed by atoms with Crippen molar-refractivity contribution in [2.24, 2.45) is 10.7 Å². The van der Waals surface area contributed by atoms with Crippen LogP contribution < -0.4 is 11.1 Å². The maximum atomic E-state index is 13.1. The molecular formula is C28H32N4O3. The van der Waals surface area contributed by atoms with Gasteiger partial charge in [0.1, 0.15) is 5.84 Å². The summed E-state index contributed by atoms with van der Waals surface area (Å²) in [5.74, 6) is 0.203. The number of anilines is 1. The molecule has 2 aromatic rings. The third kappa shape index (κ3) is 5.50. The summed E-state index contributed by atoms with van der Waals surface area (Å²) >= 11 is 0. The van der Waals surface area contributed by atoms with Crippen LogP contribution in [0.25, 0.3) is 6.08 Å². The van der Waals surface area contributed by atoms with Crippen LogP contribution in [0.1, 0.15) is 77.8 Å². The summed E-state index contributed by atoms with van der Waals surface area (Å²) in [5, 5.41) is 2.92. The fraction of sp³-hybridized carbons (Fsp3) is 0.357. The van der Waals surface area contributed by atoms with Gasteiger partial charge in [-0.3, -0.25) is 14.4 Å². The lowest BCUT2D eigenvalue weighted by molar-refractivity contribution is -0.127. The highest BCUT2D eigenvalue weighted by molar-refractivity contribution is 6.08. The van der Waals surface area contributed by atoms with Gasteiger partial charge in [-0.15, -0.1) is 0 Å². The molecule has 0 aromatic heterocycles. The fourth-order valence-electron chi connectivity index (χ4n) is 4.65. The number of ketones is 1. The van der Waals surface area contributed by atoms with E-state index in [4.69, 9.17) is 5.73 Å². The van der Waals surface area contributed by atoms with Gasteiger partial charge in [0.05, 0.1) is 5.69 Å². The topological polar surface area (TPSA) is 105 Å². The first-order valence-electron chi connectivity index (χ1n) is 12.3. The number of rotatable bonds is 7. The molecule has 0 atom stereocenters. The van der Waals surface area contributed by atoms with Crippen molar-refractivity contribution in [3.63, 3.8) is 0 Å².